The van der Waals surface area contributed by atoms with Crippen molar-refractivity contribution in [2.75, 3.05) is 13.1 Å². The molecule has 0 aromatic rings. The molecule has 132 valence electrons. The molecule has 3 rings (SSSR count). The number of urea groups is 1. The van der Waals surface area contributed by atoms with Crippen LogP contribution in [0.15, 0.2) is 0 Å². The van der Waals surface area contributed by atoms with Gasteiger partial charge in [-0.1, -0.05) is 19.8 Å². The highest BCUT2D eigenvalue weighted by atomic mass is 16.4. The molecule has 0 bridgehead atoms. The van der Waals surface area contributed by atoms with Gasteiger partial charge in [0.05, 0.1) is 5.92 Å². The molecule has 0 radical (unpaired) electrons. The van der Waals surface area contributed by atoms with Crippen LogP contribution in [0.2, 0.25) is 0 Å². The molecule has 0 aromatic carbocycles. The molecule has 1 aliphatic carbocycles. The van der Waals surface area contributed by atoms with Crippen LogP contribution < -0.4 is 5.32 Å². The molecule has 8 heteroatoms. The highest BCUT2D eigenvalue weighted by Gasteiger charge is 2.55. The van der Waals surface area contributed by atoms with Crippen LogP contribution >= 0.6 is 0 Å². The minimum Gasteiger partial charge on any atom is -0.481 e. The second-order valence-electron chi connectivity index (χ2n) is 7.24. The average molecular weight is 337 g/mol. The lowest BCUT2D eigenvalue weighted by molar-refractivity contribution is -0.144. The Hall–Kier alpha value is -2.12. The minimum absolute atomic E-state index is 0.120. The first-order valence-electron chi connectivity index (χ1n) is 8.44. The second-order valence-corrected chi connectivity index (χ2v) is 7.24. The average Bonchev–Trinajstić information content (AvgIpc) is 3.19. The van der Waals surface area contributed by atoms with Gasteiger partial charge < -0.3 is 15.3 Å². The lowest BCUT2D eigenvalue weighted by atomic mass is 9.97. The zero-order chi connectivity index (χ0) is 17.6. The molecule has 1 saturated carbocycles. The third-order valence-corrected chi connectivity index (χ3v) is 5.64. The number of rotatable bonds is 3. The first-order chi connectivity index (χ1) is 11.3. The topological polar surface area (TPSA) is 107 Å². The van der Waals surface area contributed by atoms with Crippen molar-refractivity contribution in [3.63, 3.8) is 0 Å². The Labute approximate surface area is 140 Å². The van der Waals surface area contributed by atoms with Crippen LogP contribution in [0.5, 0.6) is 0 Å². The Morgan fingerprint density at radius 2 is 1.88 bits per heavy atom. The number of carboxylic acids is 1. The van der Waals surface area contributed by atoms with E-state index in [0.29, 0.717) is 19.4 Å². The number of likely N-dealkylation sites (tertiary alicyclic amines) is 1. The molecule has 8 nitrogen and oxygen atoms in total. The summed E-state index contributed by atoms with van der Waals surface area (Å²) >= 11 is 0. The van der Waals surface area contributed by atoms with Gasteiger partial charge in [0.1, 0.15) is 11.6 Å². The number of amides is 4. The Morgan fingerprint density at radius 3 is 2.42 bits per heavy atom. The molecule has 2 aliphatic heterocycles. The van der Waals surface area contributed by atoms with Crippen molar-refractivity contribution in [2.24, 2.45) is 11.8 Å². The van der Waals surface area contributed by atoms with Gasteiger partial charge in [0.25, 0.3) is 5.91 Å². The molecule has 4 amide bonds. The summed E-state index contributed by atoms with van der Waals surface area (Å²) < 4.78 is 0. The van der Waals surface area contributed by atoms with E-state index < -0.39 is 29.5 Å². The summed E-state index contributed by atoms with van der Waals surface area (Å²) in [4.78, 5) is 51.4. The van der Waals surface area contributed by atoms with Crippen molar-refractivity contribution >= 4 is 23.8 Å². The van der Waals surface area contributed by atoms with Crippen molar-refractivity contribution in [1.29, 1.82) is 0 Å². The lowest BCUT2D eigenvalue weighted by Crippen LogP contribution is -2.50. The molecule has 3 aliphatic rings. The summed E-state index contributed by atoms with van der Waals surface area (Å²) in [5, 5.41) is 12.0. The number of nitrogens with one attached hydrogen (secondary N) is 1. The molecule has 2 heterocycles. The molecule has 1 unspecified atom stereocenters. The summed E-state index contributed by atoms with van der Waals surface area (Å²) in [6, 6.07) is -1.44. The van der Waals surface area contributed by atoms with Crippen LogP contribution in [0.4, 0.5) is 4.79 Å². The predicted molar refractivity (Wildman–Crippen MR) is 82.9 cm³/mol. The van der Waals surface area contributed by atoms with E-state index in [1.165, 1.54) is 11.8 Å². The number of hydrogen-bond acceptors (Lipinski definition) is 4. The summed E-state index contributed by atoms with van der Waals surface area (Å²) in [6.07, 6.45) is 2.98. The fraction of sp³-hybridized carbons (Fsp3) is 0.750. The number of imide groups is 1. The molecular weight excluding hydrogens is 314 g/mol. The zero-order valence-corrected chi connectivity index (χ0v) is 13.9. The quantitative estimate of drug-likeness (QED) is 0.726. The van der Waals surface area contributed by atoms with Gasteiger partial charge in [-0.05, 0) is 25.7 Å². The van der Waals surface area contributed by atoms with Crippen LogP contribution in [-0.2, 0) is 14.4 Å². The molecule has 2 saturated heterocycles. The first kappa shape index (κ1) is 16.7. The van der Waals surface area contributed by atoms with Gasteiger partial charge in [0.15, 0.2) is 0 Å². The van der Waals surface area contributed by atoms with E-state index in [9.17, 15) is 24.3 Å². The summed E-state index contributed by atoms with van der Waals surface area (Å²) in [5.41, 5.74) is -0.840. The smallest absolute Gasteiger partial charge is 0.325 e. The Kier molecular flexibility index (Phi) is 4.01. The van der Waals surface area contributed by atoms with Crippen LogP contribution in [-0.4, -0.2) is 63.4 Å². The standard InChI is InChI=1S/C16H23N3O5/c1-9-7-18(8-11(9)13(21)22)12(20)10(2)19-14(23)16(17-15(19)24)5-3-4-6-16/h9-11H,3-8H2,1-2H3,(H,17,24)(H,21,22)/t9-,10?,11-/m1/s1. The summed E-state index contributed by atoms with van der Waals surface area (Å²) in [7, 11) is 0. The number of carboxylic acid groups (broad SMARTS) is 1. The minimum atomic E-state index is -0.926. The number of carbonyl (C=O) groups is 4. The van der Waals surface area contributed by atoms with Gasteiger partial charge in [-0.2, -0.15) is 0 Å². The number of nitrogens with zero attached hydrogens (tertiary/aromatic N) is 2. The number of hydrogen-bond donors (Lipinski definition) is 2. The lowest BCUT2D eigenvalue weighted by Gasteiger charge is -2.27. The van der Waals surface area contributed by atoms with Crippen LogP contribution in [0.25, 0.3) is 0 Å². The second kappa shape index (κ2) is 5.75. The highest BCUT2D eigenvalue weighted by molar-refractivity contribution is 6.10. The van der Waals surface area contributed by atoms with Crippen molar-refractivity contribution < 1.29 is 24.3 Å². The molecule has 3 fully saturated rings. The Bertz CT molecular complexity index is 599. The summed E-state index contributed by atoms with van der Waals surface area (Å²) in [5.74, 6) is -2.38. The summed E-state index contributed by atoms with van der Waals surface area (Å²) in [6.45, 7) is 3.77. The van der Waals surface area contributed by atoms with E-state index in [2.05, 4.69) is 5.32 Å². The third-order valence-electron chi connectivity index (χ3n) is 5.64. The van der Waals surface area contributed by atoms with Crippen molar-refractivity contribution in [1.82, 2.24) is 15.1 Å². The van der Waals surface area contributed by atoms with Gasteiger partial charge in [0.2, 0.25) is 5.91 Å². The van der Waals surface area contributed by atoms with E-state index in [0.717, 1.165) is 17.7 Å². The van der Waals surface area contributed by atoms with Crippen molar-refractivity contribution in [3.05, 3.63) is 0 Å². The number of carbonyl (C=O) groups excluding carboxylic acids is 3. The van der Waals surface area contributed by atoms with Crippen molar-refractivity contribution in [2.45, 2.75) is 51.1 Å². The maximum atomic E-state index is 12.7. The SMILES string of the molecule is CC(C(=O)N1C[C@@H](C)[C@H](C(=O)O)C1)N1C(=O)NC2(CCCC2)C1=O. The fourth-order valence-electron chi connectivity index (χ4n) is 4.15. The van der Waals surface area contributed by atoms with Gasteiger partial charge in [-0.3, -0.25) is 14.4 Å². The molecule has 3 atom stereocenters. The molecule has 1 spiro atoms. The van der Waals surface area contributed by atoms with Crippen molar-refractivity contribution in [3.8, 4) is 0 Å². The van der Waals surface area contributed by atoms with E-state index >= 15 is 0 Å². The van der Waals surface area contributed by atoms with E-state index in [1.807, 2.05) is 0 Å². The maximum absolute atomic E-state index is 12.7. The molecular formula is C16H23N3O5. The molecule has 24 heavy (non-hydrogen) atoms. The van der Waals surface area contributed by atoms with Crippen LogP contribution in [0.1, 0.15) is 39.5 Å². The molecule has 0 aromatic heterocycles. The predicted octanol–water partition coefficient (Wildman–Crippen LogP) is 0.419. The van der Waals surface area contributed by atoms with E-state index in [1.54, 1.807) is 6.92 Å². The van der Waals surface area contributed by atoms with E-state index in [4.69, 9.17) is 0 Å². The van der Waals surface area contributed by atoms with Crippen LogP contribution in [0.3, 0.4) is 0 Å². The number of aliphatic carboxylic acids is 1. The van der Waals surface area contributed by atoms with Gasteiger partial charge in [-0.15, -0.1) is 0 Å². The third kappa shape index (κ3) is 2.44. The normalized spacial score (nSPS) is 30.1. The Morgan fingerprint density at radius 1 is 1.25 bits per heavy atom. The van der Waals surface area contributed by atoms with Crippen LogP contribution in [0, 0.1) is 11.8 Å². The van der Waals surface area contributed by atoms with Gasteiger partial charge in [-0.25, -0.2) is 9.69 Å². The largest absolute Gasteiger partial charge is 0.481 e. The van der Waals surface area contributed by atoms with Gasteiger partial charge >= 0.3 is 12.0 Å². The monoisotopic (exact) mass is 337 g/mol. The van der Waals surface area contributed by atoms with Gasteiger partial charge in [0, 0.05) is 13.1 Å². The fourth-order valence-corrected chi connectivity index (χ4v) is 4.15. The maximum Gasteiger partial charge on any atom is 0.325 e. The zero-order valence-electron chi connectivity index (χ0n) is 13.9. The highest BCUT2D eigenvalue weighted by Crippen LogP contribution is 2.36. The molecule has 2 N–H and O–H groups in total. The first-order valence-corrected chi connectivity index (χ1v) is 8.44. The Balaban J connectivity index is 1.73. The van der Waals surface area contributed by atoms with E-state index in [-0.39, 0.29) is 24.3 Å².